The van der Waals surface area contributed by atoms with Crippen LogP contribution in [0.15, 0.2) is 30.3 Å². The van der Waals surface area contributed by atoms with E-state index in [2.05, 4.69) is 56.2 Å². The lowest BCUT2D eigenvalue weighted by molar-refractivity contribution is -0.125. The van der Waals surface area contributed by atoms with E-state index in [0.29, 0.717) is 31.3 Å². The molecular weight excluding hydrogens is 318 g/mol. The van der Waals surface area contributed by atoms with Crippen LogP contribution >= 0.6 is 11.8 Å². The molecule has 3 nitrogen and oxygen atoms in total. The van der Waals surface area contributed by atoms with E-state index in [1.54, 1.807) is 0 Å². The summed E-state index contributed by atoms with van der Waals surface area (Å²) in [5, 5.41) is 0. The predicted octanol–water partition coefficient (Wildman–Crippen LogP) is 4.33. The Kier molecular flexibility index (Phi) is 7.33. The van der Waals surface area contributed by atoms with Crippen LogP contribution in [0, 0.1) is 0 Å². The zero-order chi connectivity index (χ0) is 17.6. The van der Waals surface area contributed by atoms with Gasteiger partial charge in [0.1, 0.15) is 5.78 Å². The molecule has 0 saturated carbocycles. The normalized spacial score (nSPS) is 21.0. The van der Waals surface area contributed by atoms with E-state index >= 15 is 0 Å². The summed E-state index contributed by atoms with van der Waals surface area (Å²) in [6, 6.07) is 11.0. The number of Topliss-reactive ketones (excluding diaryl/α,β-unsaturated/α-hetero) is 1. The van der Waals surface area contributed by atoms with Crippen molar-refractivity contribution in [2.24, 2.45) is 0 Å². The summed E-state index contributed by atoms with van der Waals surface area (Å²) in [5.74, 6) is 0.365. The lowest BCUT2D eigenvalue weighted by Crippen LogP contribution is -2.46. The smallest absolute Gasteiger partial charge is 0.135 e. The molecule has 24 heavy (non-hydrogen) atoms. The third-order valence-corrected chi connectivity index (χ3v) is 6.38. The second-order valence-corrected chi connectivity index (χ2v) is 8.77. The van der Waals surface area contributed by atoms with Crippen molar-refractivity contribution >= 4 is 17.5 Å². The molecule has 1 aliphatic rings. The molecule has 1 saturated heterocycles. The highest BCUT2D eigenvalue weighted by atomic mass is 32.2. The second kappa shape index (κ2) is 9.02. The maximum absolute atomic E-state index is 11.9. The predicted molar refractivity (Wildman–Crippen MR) is 103 cm³/mol. The van der Waals surface area contributed by atoms with Crippen molar-refractivity contribution < 1.29 is 9.53 Å². The zero-order valence-electron chi connectivity index (χ0n) is 15.5. The second-order valence-electron chi connectivity index (χ2n) is 7.26. The minimum absolute atomic E-state index is 0.193. The Labute approximate surface area is 151 Å². The van der Waals surface area contributed by atoms with Gasteiger partial charge < -0.3 is 4.74 Å². The number of piperidine rings is 1. The molecule has 1 aromatic carbocycles. The van der Waals surface area contributed by atoms with Crippen LogP contribution in [0.2, 0.25) is 0 Å². The van der Waals surface area contributed by atoms with Crippen molar-refractivity contribution in [3.8, 4) is 0 Å². The molecule has 1 aromatic rings. The minimum atomic E-state index is 0.193. The average molecular weight is 350 g/mol. The first-order valence-corrected chi connectivity index (χ1v) is 10.1. The van der Waals surface area contributed by atoms with Gasteiger partial charge in [-0.15, -0.1) is 0 Å². The van der Waals surface area contributed by atoms with Crippen LogP contribution < -0.4 is 0 Å². The maximum atomic E-state index is 11.9. The van der Waals surface area contributed by atoms with Gasteiger partial charge in [-0.2, -0.15) is 11.8 Å². The van der Waals surface area contributed by atoms with Gasteiger partial charge in [0.05, 0.1) is 6.61 Å². The van der Waals surface area contributed by atoms with E-state index in [4.69, 9.17) is 4.74 Å². The van der Waals surface area contributed by atoms with Crippen molar-refractivity contribution in [1.82, 2.24) is 4.90 Å². The highest BCUT2D eigenvalue weighted by Crippen LogP contribution is 2.28. The fraction of sp³-hybridized carbons (Fsp3) is 0.650. The number of likely N-dealkylation sites (tertiary alicyclic amines) is 1. The first kappa shape index (κ1) is 19.5. The Balaban J connectivity index is 1.92. The van der Waals surface area contributed by atoms with Gasteiger partial charge in [-0.05, 0) is 25.2 Å². The number of carbonyl (C=O) groups excluding carboxylic acids is 1. The van der Waals surface area contributed by atoms with E-state index in [9.17, 15) is 4.79 Å². The third kappa shape index (κ3) is 5.61. The largest absolute Gasteiger partial charge is 0.380 e. The van der Waals surface area contributed by atoms with Gasteiger partial charge in [-0.25, -0.2) is 0 Å². The Morgan fingerprint density at radius 3 is 2.71 bits per heavy atom. The molecule has 134 valence electrons. The molecule has 2 rings (SSSR count). The number of thioether (sulfide) groups is 1. The summed E-state index contributed by atoms with van der Waals surface area (Å²) in [4.78, 5) is 14.4. The lowest BCUT2D eigenvalue weighted by atomic mass is 9.96. The highest BCUT2D eigenvalue weighted by Gasteiger charge is 2.31. The fourth-order valence-electron chi connectivity index (χ4n) is 3.15. The van der Waals surface area contributed by atoms with Crippen LogP contribution in [0.3, 0.4) is 0 Å². The first-order valence-electron chi connectivity index (χ1n) is 8.88. The van der Waals surface area contributed by atoms with Gasteiger partial charge in [-0.3, -0.25) is 9.69 Å². The summed E-state index contributed by atoms with van der Waals surface area (Å²) in [5.41, 5.74) is 1.31. The molecule has 0 spiro atoms. The number of hydrogen-bond acceptors (Lipinski definition) is 4. The van der Waals surface area contributed by atoms with Crippen LogP contribution in [0.5, 0.6) is 0 Å². The van der Waals surface area contributed by atoms with Crippen molar-refractivity contribution in [3.05, 3.63) is 35.9 Å². The molecule has 0 aromatic heterocycles. The molecule has 0 amide bonds. The van der Waals surface area contributed by atoms with Crippen LogP contribution in [-0.2, 0) is 9.53 Å². The van der Waals surface area contributed by atoms with Gasteiger partial charge in [0.2, 0.25) is 0 Å². The average Bonchev–Trinajstić information content (AvgIpc) is 2.59. The van der Waals surface area contributed by atoms with E-state index < -0.39 is 0 Å². The molecule has 1 fully saturated rings. The van der Waals surface area contributed by atoms with Gasteiger partial charge in [0.15, 0.2) is 0 Å². The number of benzene rings is 1. The number of ketones is 1. The lowest BCUT2D eigenvalue weighted by Gasteiger charge is -2.39. The van der Waals surface area contributed by atoms with Crippen molar-refractivity contribution in [3.63, 3.8) is 0 Å². The van der Waals surface area contributed by atoms with Crippen LogP contribution in [0.4, 0.5) is 0 Å². The summed E-state index contributed by atoms with van der Waals surface area (Å²) < 4.78 is 6.22. The standard InChI is InChI=1S/C20H31NO2S/c1-16(17-8-6-5-7-9-17)21-12-10-19(22)14-18(21)15-23-13-11-20(2,3)24-4/h5-9,16,18H,10-15H2,1-4H3. The van der Waals surface area contributed by atoms with E-state index in [1.165, 1.54) is 5.56 Å². The monoisotopic (exact) mass is 349 g/mol. The summed E-state index contributed by atoms with van der Waals surface area (Å²) >= 11 is 1.87. The van der Waals surface area contributed by atoms with Crippen LogP contribution in [-0.4, -0.2) is 47.5 Å². The molecule has 0 N–H and O–H groups in total. The van der Waals surface area contributed by atoms with Gasteiger partial charge >= 0.3 is 0 Å². The quantitative estimate of drug-likeness (QED) is 0.653. The molecular formula is C20H31NO2S. The molecule has 2 unspecified atom stereocenters. The highest BCUT2D eigenvalue weighted by molar-refractivity contribution is 7.99. The molecule has 0 radical (unpaired) electrons. The Hall–Kier alpha value is -0.840. The Morgan fingerprint density at radius 2 is 2.04 bits per heavy atom. The molecule has 2 atom stereocenters. The number of carbonyl (C=O) groups is 1. The topological polar surface area (TPSA) is 29.5 Å². The molecule has 4 heteroatoms. The molecule has 0 aliphatic carbocycles. The summed E-state index contributed by atoms with van der Waals surface area (Å²) in [6.45, 7) is 8.96. The Morgan fingerprint density at radius 1 is 1.33 bits per heavy atom. The van der Waals surface area contributed by atoms with E-state index in [0.717, 1.165) is 19.6 Å². The first-order chi connectivity index (χ1) is 11.4. The molecule has 1 aliphatic heterocycles. The van der Waals surface area contributed by atoms with Crippen molar-refractivity contribution in [1.29, 1.82) is 0 Å². The van der Waals surface area contributed by atoms with Gasteiger partial charge in [0.25, 0.3) is 0 Å². The number of ether oxygens (including phenoxy) is 1. The van der Waals surface area contributed by atoms with E-state index in [-0.39, 0.29) is 10.8 Å². The molecule has 0 bridgehead atoms. The minimum Gasteiger partial charge on any atom is -0.380 e. The number of nitrogens with zero attached hydrogens (tertiary/aromatic N) is 1. The van der Waals surface area contributed by atoms with Crippen molar-refractivity contribution in [2.45, 2.75) is 56.9 Å². The SMILES string of the molecule is CSC(C)(C)CCOCC1CC(=O)CCN1C(C)c1ccccc1. The van der Waals surface area contributed by atoms with Crippen LogP contribution in [0.25, 0.3) is 0 Å². The van der Waals surface area contributed by atoms with E-state index in [1.807, 2.05) is 17.8 Å². The number of rotatable bonds is 8. The molecule has 1 heterocycles. The van der Waals surface area contributed by atoms with Gasteiger partial charge in [-0.1, -0.05) is 44.2 Å². The summed E-state index contributed by atoms with van der Waals surface area (Å²) in [6.07, 6.45) is 4.45. The third-order valence-electron chi connectivity index (χ3n) is 5.07. The maximum Gasteiger partial charge on any atom is 0.135 e. The number of hydrogen-bond donors (Lipinski definition) is 0. The van der Waals surface area contributed by atoms with Gasteiger partial charge in [0, 0.05) is 42.8 Å². The summed E-state index contributed by atoms with van der Waals surface area (Å²) in [7, 11) is 0. The fourth-order valence-corrected chi connectivity index (χ4v) is 3.43. The van der Waals surface area contributed by atoms with Crippen molar-refractivity contribution in [2.75, 3.05) is 26.0 Å². The van der Waals surface area contributed by atoms with Crippen LogP contribution in [0.1, 0.15) is 51.6 Å². The Bertz CT molecular complexity index is 518. The zero-order valence-corrected chi connectivity index (χ0v) is 16.3.